The number of carbonyl (C=O) groups is 2. The number of nitrogens with one attached hydrogen (secondary N) is 1. The highest BCUT2D eigenvalue weighted by Gasteiger charge is 2.32. The van der Waals surface area contributed by atoms with Crippen molar-refractivity contribution in [3.8, 4) is 0 Å². The Kier molecular flexibility index (Phi) is 6.57. The molecule has 0 saturated heterocycles. The fourth-order valence-electron chi connectivity index (χ4n) is 2.00. The summed E-state index contributed by atoms with van der Waals surface area (Å²) in [5.41, 5.74) is 7.16. The second-order valence-electron chi connectivity index (χ2n) is 5.41. The number of nitrogens with two attached hydrogens (primary N) is 1. The molecule has 0 radical (unpaired) electrons. The van der Waals surface area contributed by atoms with Crippen LogP contribution in [0.1, 0.15) is 41.8 Å². The van der Waals surface area contributed by atoms with E-state index in [2.05, 4.69) is 15.3 Å². The largest absolute Gasteiger partial charge is 0.399 e. The van der Waals surface area contributed by atoms with Crippen LogP contribution in [0.2, 0.25) is 0 Å². The SMILES string of the molecule is CCC(C)(NC(=O)c1cc(C)c(N)c(C=NOC)c1)C(=O)CCl. The molecule has 1 unspecified atom stereocenters. The number of Topliss-reactive ketones (excluding diaryl/α,β-unsaturated/α-hetero) is 1. The number of rotatable bonds is 7. The fraction of sp³-hybridized carbons (Fsp3) is 0.438. The van der Waals surface area contributed by atoms with Crippen molar-refractivity contribution in [1.29, 1.82) is 0 Å². The van der Waals surface area contributed by atoms with E-state index in [1.165, 1.54) is 13.3 Å². The number of benzene rings is 1. The van der Waals surface area contributed by atoms with E-state index >= 15 is 0 Å². The zero-order valence-corrected chi connectivity index (χ0v) is 14.5. The summed E-state index contributed by atoms with van der Waals surface area (Å²) in [4.78, 5) is 29.1. The molecule has 6 nitrogen and oxygen atoms in total. The molecule has 0 aliphatic heterocycles. The predicted octanol–water partition coefficient (Wildman–Crippen LogP) is 2.26. The van der Waals surface area contributed by atoms with Gasteiger partial charge in [-0.3, -0.25) is 9.59 Å². The summed E-state index contributed by atoms with van der Waals surface area (Å²) in [5, 5.41) is 6.42. The first-order valence-electron chi connectivity index (χ1n) is 7.17. The number of aryl methyl sites for hydroxylation is 1. The van der Waals surface area contributed by atoms with Gasteiger partial charge in [-0.2, -0.15) is 0 Å². The first-order chi connectivity index (χ1) is 10.8. The summed E-state index contributed by atoms with van der Waals surface area (Å²) in [6, 6.07) is 3.26. The molecule has 0 aliphatic carbocycles. The summed E-state index contributed by atoms with van der Waals surface area (Å²) in [5.74, 6) is -0.761. The van der Waals surface area contributed by atoms with E-state index in [1.54, 1.807) is 26.0 Å². The molecule has 0 aliphatic rings. The Hall–Kier alpha value is -2.08. The van der Waals surface area contributed by atoms with Crippen molar-refractivity contribution in [3.63, 3.8) is 0 Å². The Balaban J connectivity index is 3.15. The maximum atomic E-state index is 12.5. The molecule has 126 valence electrons. The van der Waals surface area contributed by atoms with Gasteiger partial charge in [-0.1, -0.05) is 12.1 Å². The topological polar surface area (TPSA) is 93.8 Å². The van der Waals surface area contributed by atoms with Crippen LogP contribution in [-0.4, -0.2) is 36.4 Å². The third-order valence-electron chi connectivity index (χ3n) is 3.81. The van der Waals surface area contributed by atoms with Crippen molar-refractivity contribution in [3.05, 3.63) is 28.8 Å². The smallest absolute Gasteiger partial charge is 0.252 e. The van der Waals surface area contributed by atoms with Gasteiger partial charge in [-0.25, -0.2) is 0 Å². The van der Waals surface area contributed by atoms with Crippen LogP contribution in [0.15, 0.2) is 17.3 Å². The maximum absolute atomic E-state index is 12.5. The molecule has 0 fully saturated rings. The number of alkyl halides is 1. The van der Waals surface area contributed by atoms with Gasteiger partial charge in [-0.05, 0) is 38.0 Å². The fourth-order valence-corrected chi connectivity index (χ4v) is 2.29. The van der Waals surface area contributed by atoms with Crippen LogP contribution in [0, 0.1) is 6.92 Å². The second kappa shape index (κ2) is 7.97. The number of hydrogen-bond donors (Lipinski definition) is 2. The Morgan fingerprint density at radius 1 is 1.48 bits per heavy atom. The van der Waals surface area contributed by atoms with Crippen molar-refractivity contribution in [1.82, 2.24) is 5.32 Å². The van der Waals surface area contributed by atoms with Gasteiger partial charge >= 0.3 is 0 Å². The monoisotopic (exact) mass is 339 g/mol. The van der Waals surface area contributed by atoms with Crippen molar-refractivity contribution in [2.24, 2.45) is 5.16 Å². The number of nitrogens with zero attached hydrogens (tertiary/aromatic N) is 1. The lowest BCUT2D eigenvalue weighted by atomic mass is 9.93. The van der Waals surface area contributed by atoms with Crippen LogP contribution >= 0.6 is 11.6 Å². The van der Waals surface area contributed by atoms with Gasteiger partial charge in [-0.15, -0.1) is 11.6 Å². The van der Waals surface area contributed by atoms with Gasteiger partial charge in [0.15, 0.2) is 5.78 Å². The van der Waals surface area contributed by atoms with Gasteiger partial charge in [0.2, 0.25) is 0 Å². The average molecular weight is 340 g/mol. The Labute approximate surface area is 141 Å². The van der Waals surface area contributed by atoms with Gasteiger partial charge in [0.25, 0.3) is 5.91 Å². The van der Waals surface area contributed by atoms with Crippen molar-refractivity contribution in [2.45, 2.75) is 32.7 Å². The predicted molar refractivity (Wildman–Crippen MR) is 92.1 cm³/mol. The highest BCUT2D eigenvalue weighted by Crippen LogP contribution is 2.20. The molecule has 1 amide bonds. The lowest BCUT2D eigenvalue weighted by Gasteiger charge is -2.27. The summed E-state index contributed by atoms with van der Waals surface area (Å²) < 4.78 is 0. The quantitative estimate of drug-likeness (QED) is 0.345. The Morgan fingerprint density at radius 3 is 2.65 bits per heavy atom. The van der Waals surface area contributed by atoms with Gasteiger partial charge < -0.3 is 15.9 Å². The standard InChI is InChI=1S/C16H22ClN3O3/c1-5-16(3,13(21)8-17)20-15(22)11-6-10(2)14(18)12(7-11)9-19-23-4/h6-7,9H,5,8,18H2,1-4H3,(H,20,22). The number of anilines is 1. The molecule has 1 aromatic carbocycles. The lowest BCUT2D eigenvalue weighted by Crippen LogP contribution is -2.52. The van der Waals surface area contributed by atoms with E-state index in [1.807, 2.05) is 6.92 Å². The summed E-state index contributed by atoms with van der Waals surface area (Å²) >= 11 is 5.62. The maximum Gasteiger partial charge on any atom is 0.252 e. The lowest BCUT2D eigenvalue weighted by molar-refractivity contribution is -0.122. The van der Waals surface area contributed by atoms with E-state index in [0.29, 0.717) is 23.2 Å². The van der Waals surface area contributed by atoms with Gasteiger partial charge in [0.05, 0.1) is 17.6 Å². The number of nitrogen functional groups attached to an aromatic ring is 1. The number of halogens is 1. The molecule has 1 atom stereocenters. The van der Waals surface area contributed by atoms with Crippen LogP contribution in [0.3, 0.4) is 0 Å². The summed E-state index contributed by atoms with van der Waals surface area (Å²) in [6.07, 6.45) is 1.87. The normalized spacial score (nSPS) is 13.6. The Morgan fingerprint density at radius 2 is 2.13 bits per heavy atom. The highest BCUT2D eigenvalue weighted by molar-refractivity contribution is 6.29. The molecule has 23 heavy (non-hydrogen) atoms. The summed E-state index contributed by atoms with van der Waals surface area (Å²) in [6.45, 7) is 5.27. The summed E-state index contributed by atoms with van der Waals surface area (Å²) in [7, 11) is 1.42. The number of hydrogen-bond acceptors (Lipinski definition) is 5. The first-order valence-corrected chi connectivity index (χ1v) is 7.71. The second-order valence-corrected chi connectivity index (χ2v) is 5.68. The van der Waals surface area contributed by atoms with Crippen LogP contribution in [0.4, 0.5) is 5.69 Å². The van der Waals surface area contributed by atoms with Crippen molar-refractivity contribution in [2.75, 3.05) is 18.7 Å². The molecular formula is C16H22ClN3O3. The van der Waals surface area contributed by atoms with E-state index in [9.17, 15) is 9.59 Å². The minimum Gasteiger partial charge on any atom is -0.399 e. The highest BCUT2D eigenvalue weighted by atomic mass is 35.5. The average Bonchev–Trinajstić information content (AvgIpc) is 2.54. The molecule has 7 heteroatoms. The van der Waals surface area contributed by atoms with Crippen molar-refractivity contribution >= 4 is 35.2 Å². The number of oxime groups is 1. The van der Waals surface area contributed by atoms with E-state index in [0.717, 1.165) is 5.56 Å². The molecule has 0 saturated carbocycles. The molecule has 3 N–H and O–H groups in total. The van der Waals surface area contributed by atoms with Crippen LogP contribution < -0.4 is 11.1 Å². The molecule has 1 rings (SSSR count). The van der Waals surface area contributed by atoms with E-state index in [4.69, 9.17) is 17.3 Å². The number of ketones is 1. The first kappa shape index (κ1) is 19.0. The molecule has 0 spiro atoms. The number of amides is 1. The van der Waals surface area contributed by atoms with Crippen LogP contribution in [0.5, 0.6) is 0 Å². The van der Waals surface area contributed by atoms with Crippen LogP contribution in [0.25, 0.3) is 0 Å². The third-order valence-corrected chi connectivity index (χ3v) is 4.05. The molecule has 0 aromatic heterocycles. The molecule has 1 aromatic rings. The molecular weight excluding hydrogens is 318 g/mol. The van der Waals surface area contributed by atoms with Gasteiger partial charge in [0.1, 0.15) is 7.11 Å². The van der Waals surface area contributed by atoms with Gasteiger partial charge in [0, 0.05) is 16.8 Å². The van der Waals surface area contributed by atoms with E-state index < -0.39 is 5.54 Å². The minimum atomic E-state index is -1.01. The molecule has 0 bridgehead atoms. The minimum absolute atomic E-state index is 0.156. The van der Waals surface area contributed by atoms with Crippen LogP contribution in [-0.2, 0) is 9.63 Å². The zero-order chi connectivity index (χ0) is 17.6. The third kappa shape index (κ3) is 4.45. The Bertz CT molecular complexity index is 631. The molecule has 0 heterocycles. The number of carbonyl (C=O) groups excluding carboxylic acids is 2. The van der Waals surface area contributed by atoms with Crippen molar-refractivity contribution < 1.29 is 14.4 Å². The van der Waals surface area contributed by atoms with E-state index in [-0.39, 0.29) is 17.6 Å². The zero-order valence-electron chi connectivity index (χ0n) is 13.8.